The minimum atomic E-state index is -0.386. The van der Waals surface area contributed by atoms with Crippen LogP contribution in [0.4, 0.5) is 0 Å². The van der Waals surface area contributed by atoms with Gasteiger partial charge in [0.2, 0.25) is 0 Å². The number of para-hydroxylation sites is 1. The quantitative estimate of drug-likeness (QED) is 0.478. The van der Waals surface area contributed by atoms with Crippen molar-refractivity contribution in [2.45, 2.75) is 0 Å². The van der Waals surface area contributed by atoms with Crippen LogP contribution in [-0.2, 0) is 4.79 Å². The second kappa shape index (κ2) is 9.23. The van der Waals surface area contributed by atoms with E-state index in [0.717, 1.165) is 0 Å². The van der Waals surface area contributed by atoms with Crippen LogP contribution in [-0.4, -0.2) is 25.3 Å². The topological polar surface area (TPSA) is 59.9 Å². The lowest BCUT2D eigenvalue weighted by atomic mass is 10.2. The highest BCUT2D eigenvalue weighted by Gasteiger charge is 2.02. The Morgan fingerprint density at radius 2 is 1.96 bits per heavy atom. The van der Waals surface area contributed by atoms with Gasteiger partial charge in [-0.05, 0) is 36.4 Å². The zero-order chi connectivity index (χ0) is 17.2. The van der Waals surface area contributed by atoms with Crippen molar-refractivity contribution in [2.24, 2.45) is 5.10 Å². The maximum atomic E-state index is 11.7. The number of rotatable bonds is 7. The van der Waals surface area contributed by atoms with Crippen molar-refractivity contribution in [1.29, 1.82) is 0 Å². The molecular weight excluding hydrogens is 328 g/mol. The van der Waals surface area contributed by atoms with Crippen LogP contribution in [0.1, 0.15) is 5.56 Å². The number of terminal acetylenes is 1. The summed E-state index contributed by atoms with van der Waals surface area (Å²) >= 11 is 5.77. The van der Waals surface area contributed by atoms with E-state index >= 15 is 0 Å². The third kappa shape index (κ3) is 5.67. The Labute approximate surface area is 145 Å². The predicted octanol–water partition coefficient (Wildman–Crippen LogP) is 2.88. The van der Waals surface area contributed by atoms with Crippen molar-refractivity contribution in [3.63, 3.8) is 0 Å². The van der Waals surface area contributed by atoms with Crippen LogP contribution in [0.2, 0.25) is 5.02 Å². The molecule has 0 bridgehead atoms. The zero-order valence-electron chi connectivity index (χ0n) is 12.7. The number of halogens is 1. The monoisotopic (exact) mass is 342 g/mol. The van der Waals surface area contributed by atoms with Crippen molar-refractivity contribution < 1.29 is 14.3 Å². The van der Waals surface area contributed by atoms with Gasteiger partial charge in [-0.25, -0.2) is 5.43 Å². The Balaban J connectivity index is 1.84. The summed E-state index contributed by atoms with van der Waals surface area (Å²) in [6.07, 6.45) is 6.65. The lowest BCUT2D eigenvalue weighted by Gasteiger charge is -2.06. The van der Waals surface area contributed by atoms with Crippen LogP contribution < -0.4 is 14.9 Å². The molecule has 1 amide bonds. The van der Waals surface area contributed by atoms with Gasteiger partial charge in [-0.2, -0.15) is 5.10 Å². The lowest BCUT2D eigenvalue weighted by Crippen LogP contribution is -2.24. The fourth-order valence-electron chi connectivity index (χ4n) is 1.72. The van der Waals surface area contributed by atoms with Crippen molar-refractivity contribution >= 4 is 23.7 Å². The van der Waals surface area contributed by atoms with Crippen LogP contribution in [0.5, 0.6) is 11.5 Å². The van der Waals surface area contributed by atoms with E-state index in [2.05, 4.69) is 16.4 Å². The highest BCUT2D eigenvalue weighted by atomic mass is 35.5. The largest absolute Gasteiger partial charge is 0.484 e. The molecule has 0 spiro atoms. The van der Waals surface area contributed by atoms with Crippen molar-refractivity contribution in [3.8, 4) is 23.8 Å². The number of amides is 1. The zero-order valence-corrected chi connectivity index (χ0v) is 13.5. The molecule has 5 nitrogen and oxygen atoms in total. The molecule has 0 aliphatic rings. The summed E-state index contributed by atoms with van der Waals surface area (Å²) in [5, 5.41) is 4.48. The molecule has 2 aromatic carbocycles. The van der Waals surface area contributed by atoms with Gasteiger partial charge in [-0.15, -0.1) is 6.42 Å². The van der Waals surface area contributed by atoms with Crippen LogP contribution in [0.3, 0.4) is 0 Å². The molecule has 2 rings (SSSR count). The van der Waals surface area contributed by atoms with Gasteiger partial charge < -0.3 is 9.47 Å². The molecule has 0 atom stereocenters. The molecule has 0 radical (unpaired) electrons. The number of nitrogens with one attached hydrogen (secondary N) is 1. The first-order valence-corrected chi connectivity index (χ1v) is 7.42. The molecule has 0 fully saturated rings. The number of ether oxygens (including phenoxy) is 2. The molecule has 6 heteroatoms. The number of carbonyl (C=O) groups is 1. The normalized spacial score (nSPS) is 10.2. The Hall–Kier alpha value is -2.97. The molecular formula is C18H15ClN2O3. The maximum absolute atomic E-state index is 11.7. The molecule has 0 heterocycles. The fourth-order valence-corrected chi connectivity index (χ4v) is 1.85. The average Bonchev–Trinajstić information content (AvgIpc) is 2.60. The summed E-state index contributed by atoms with van der Waals surface area (Å²) in [5.41, 5.74) is 3.08. The van der Waals surface area contributed by atoms with Crippen LogP contribution in [0.15, 0.2) is 53.6 Å². The molecule has 0 aliphatic heterocycles. The van der Waals surface area contributed by atoms with Gasteiger partial charge >= 0.3 is 0 Å². The summed E-state index contributed by atoms with van der Waals surface area (Å²) in [4.78, 5) is 11.7. The van der Waals surface area contributed by atoms with Gasteiger partial charge in [0, 0.05) is 10.6 Å². The Kier molecular flexibility index (Phi) is 6.69. The van der Waals surface area contributed by atoms with Gasteiger partial charge in [0.05, 0.1) is 6.21 Å². The summed E-state index contributed by atoms with van der Waals surface area (Å²) in [5.74, 6) is 3.14. The first-order chi connectivity index (χ1) is 11.7. The van der Waals surface area contributed by atoms with Crippen LogP contribution in [0.25, 0.3) is 0 Å². The first kappa shape index (κ1) is 17.4. The summed E-state index contributed by atoms with van der Waals surface area (Å²) in [6.45, 7) is 0.000355. The van der Waals surface area contributed by atoms with E-state index in [1.807, 2.05) is 12.1 Å². The van der Waals surface area contributed by atoms with Gasteiger partial charge in [-0.1, -0.05) is 29.7 Å². The van der Waals surface area contributed by atoms with E-state index in [9.17, 15) is 4.79 Å². The third-order valence-corrected chi connectivity index (χ3v) is 3.06. The van der Waals surface area contributed by atoms with Gasteiger partial charge in [0.1, 0.15) is 18.1 Å². The highest BCUT2D eigenvalue weighted by molar-refractivity contribution is 6.30. The van der Waals surface area contributed by atoms with Crippen molar-refractivity contribution in [2.75, 3.05) is 13.2 Å². The third-order valence-electron chi connectivity index (χ3n) is 2.81. The number of hydrazone groups is 1. The smallest absolute Gasteiger partial charge is 0.277 e. The van der Waals surface area contributed by atoms with Gasteiger partial charge in [0.15, 0.2) is 6.61 Å². The maximum Gasteiger partial charge on any atom is 0.277 e. The van der Waals surface area contributed by atoms with E-state index in [1.165, 1.54) is 6.21 Å². The Morgan fingerprint density at radius 1 is 1.21 bits per heavy atom. The standard InChI is InChI=1S/C18H15ClN2O3/c1-2-11-23-17-6-4-3-5-14(17)12-20-21-18(22)13-24-16-9-7-15(19)8-10-16/h1,3-10,12H,11,13H2,(H,21,22). The lowest BCUT2D eigenvalue weighted by molar-refractivity contribution is -0.123. The molecule has 0 saturated heterocycles. The van der Waals surface area contributed by atoms with E-state index < -0.39 is 0 Å². The van der Waals surface area contributed by atoms with Crippen molar-refractivity contribution in [3.05, 3.63) is 59.1 Å². The first-order valence-electron chi connectivity index (χ1n) is 7.04. The number of hydrogen-bond donors (Lipinski definition) is 1. The molecule has 0 unspecified atom stereocenters. The molecule has 122 valence electrons. The molecule has 0 saturated carbocycles. The van der Waals surface area contributed by atoms with E-state index in [-0.39, 0.29) is 19.1 Å². The van der Waals surface area contributed by atoms with Gasteiger partial charge in [0.25, 0.3) is 5.91 Å². The summed E-state index contributed by atoms with van der Waals surface area (Å²) < 4.78 is 10.7. The molecule has 24 heavy (non-hydrogen) atoms. The second-order valence-corrected chi connectivity index (χ2v) is 5.00. The predicted molar refractivity (Wildman–Crippen MR) is 93.5 cm³/mol. The van der Waals surface area contributed by atoms with E-state index in [4.69, 9.17) is 27.5 Å². The van der Waals surface area contributed by atoms with Crippen molar-refractivity contribution in [1.82, 2.24) is 5.43 Å². The Morgan fingerprint density at radius 3 is 2.71 bits per heavy atom. The van der Waals surface area contributed by atoms with E-state index in [0.29, 0.717) is 22.1 Å². The SMILES string of the molecule is C#CCOc1ccccc1C=NNC(=O)COc1ccc(Cl)cc1. The summed E-state index contributed by atoms with van der Waals surface area (Å²) in [6, 6.07) is 13.9. The number of nitrogens with zero attached hydrogens (tertiary/aromatic N) is 1. The van der Waals surface area contributed by atoms with Gasteiger partial charge in [-0.3, -0.25) is 4.79 Å². The minimum Gasteiger partial charge on any atom is -0.484 e. The average molecular weight is 343 g/mol. The second-order valence-electron chi connectivity index (χ2n) is 4.57. The fraction of sp³-hybridized carbons (Fsp3) is 0.111. The minimum absolute atomic E-state index is 0.159. The Bertz CT molecular complexity index is 752. The van der Waals surface area contributed by atoms with E-state index in [1.54, 1.807) is 36.4 Å². The summed E-state index contributed by atoms with van der Waals surface area (Å²) in [7, 11) is 0. The van der Waals surface area contributed by atoms with Crippen LogP contribution >= 0.6 is 11.6 Å². The number of hydrogen-bond acceptors (Lipinski definition) is 4. The number of benzene rings is 2. The highest BCUT2D eigenvalue weighted by Crippen LogP contribution is 2.16. The molecule has 1 N–H and O–H groups in total. The number of carbonyl (C=O) groups excluding carboxylic acids is 1. The molecule has 0 aromatic heterocycles. The molecule has 0 aliphatic carbocycles. The van der Waals surface area contributed by atoms with Crippen LogP contribution in [0, 0.1) is 12.3 Å². The molecule has 2 aromatic rings.